The van der Waals surface area contributed by atoms with Gasteiger partial charge in [0.15, 0.2) is 6.61 Å². The van der Waals surface area contributed by atoms with Crippen molar-refractivity contribution in [3.63, 3.8) is 0 Å². The smallest absolute Gasteiger partial charge is 0.344 e. The summed E-state index contributed by atoms with van der Waals surface area (Å²) in [7, 11) is 0. The summed E-state index contributed by atoms with van der Waals surface area (Å²) in [6.07, 6.45) is 0. The lowest BCUT2D eigenvalue weighted by Crippen LogP contribution is -2.20. The highest BCUT2D eigenvalue weighted by Gasteiger charge is 2.10. The van der Waals surface area contributed by atoms with Gasteiger partial charge in [-0.3, -0.25) is 4.79 Å². The van der Waals surface area contributed by atoms with Crippen LogP contribution in [0.2, 0.25) is 0 Å². The highest BCUT2D eigenvalue weighted by Crippen LogP contribution is 2.17. The van der Waals surface area contributed by atoms with E-state index in [2.05, 4.69) is 0 Å². The number of rotatable bonds is 8. The first-order valence-corrected chi connectivity index (χ1v) is 7.43. The van der Waals surface area contributed by atoms with E-state index in [1.807, 2.05) is 31.2 Å². The molecular weight excluding hydrogens is 310 g/mol. The fourth-order valence-corrected chi connectivity index (χ4v) is 1.92. The number of hydrogen-bond donors (Lipinski definition) is 1. The molecule has 0 aliphatic carbocycles. The number of benzene rings is 2. The van der Waals surface area contributed by atoms with Crippen LogP contribution in [0.5, 0.6) is 11.5 Å². The third kappa shape index (κ3) is 5.31. The molecule has 0 spiro atoms. The Morgan fingerprint density at radius 2 is 1.67 bits per heavy atom. The molecule has 2 N–H and O–H groups in total. The van der Waals surface area contributed by atoms with Crippen molar-refractivity contribution in [3.05, 3.63) is 59.7 Å². The number of ether oxygens (including phenoxy) is 3. The predicted molar refractivity (Wildman–Crippen MR) is 88.1 cm³/mol. The second-order valence-corrected chi connectivity index (χ2v) is 5.03. The number of aryl methyl sites for hydroxylation is 1. The third-order valence-electron chi connectivity index (χ3n) is 3.13. The van der Waals surface area contributed by atoms with Gasteiger partial charge in [0.25, 0.3) is 5.91 Å². The van der Waals surface area contributed by atoms with Gasteiger partial charge in [0, 0.05) is 0 Å². The van der Waals surface area contributed by atoms with Gasteiger partial charge in [-0.1, -0.05) is 29.8 Å². The van der Waals surface area contributed by atoms with E-state index in [1.165, 1.54) is 6.07 Å². The Morgan fingerprint density at radius 3 is 2.38 bits per heavy atom. The van der Waals surface area contributed by atoms with Crippen molar-refractivity contribution >= 4 is 11.9 Å². The lowest BCUT2D eigenvalue weighted by atomic mass is 10.2. The monoisotopic (exact) mass is 329 g/mol. The SMILES string of the molecule is Cc1ccc(OCCOC(=O)COc2ccccc2C(N)=O)cc1. The Labute approximate surface area is 140 Å². The summed E-state index contributed by atoms with van der Waals surface area (Å²) in [6.45, 7) is 2.02. The van der Waals surface area contributed by atoms with Gasteiger partial charge in [-0.2, -0.15) is 0 Å². The molecule has 0 fully saturated rings. The molecule has 2 aromatic rings. The molecule has 0 radical (unpaired) electrons. The van der Waals surface area contributed by atoms with Crippen LogP contribution in [0.4, 0.5) is 0 Å². The number of para-hydroxylation sites is 1. The molecule has 0 saturated carbocycles. The molecule has 0 aromatic heterocycles. The third-order valence-corrected chi connectivity index (χ3v) is 3.13. The molecule has 0 saturated heterocycles. The van der Waals surface area contributed by atoms with E-state index in [1.54, 1.807) is 18.2 Å². The van der Waals surface area contributed by atoms with Crippen molar-refractivity contribution in [2.24, 2.45) is 5.73 Å². The Hall–Kier alpha value is -3.02. The standard InChI is InChI=1S/C18H19NO5/c1-13-6-8-14(9-7-13)22-10-11-23-17(20)12-24-16-5-3-2-4-15(16)18(19)21/h2-9H,10-12H2,1H3,(H2,19,21). The van der Waals surface area contributed by atoms with Crippen molar-refractivity contribution in [3.8, 4) is 11.5 Å². The molecule has 6 nitrogen and oxygen atoms in total. The van der Waals surface area contributed by atoms with Gasteiger partial charge in [0.2, 0.25) is 0 Å². The van der Waals surface area contributed by atoms with E-state index in [9.17, 15) is 9.59 Å². The molecule has 2 rings (SSSR count). The zero-order valence-electron chi connectivity index (χ0n) is 13.4. The van der Waals surface area contributed by atoms with Gasteiger partial charge in [0.05, 0.1) is 5.56 Å². The van der Waals surface area contributed by atoms with Crippen LogP contribution in [0, 0.1) is 6.92 Å². The second-order valence-electron chi connectivity index (χ2n) is 5.03. The molecule has 0 aliphatic heterocycles. The lowest BCUT2D eigenvalue weighted by molar-refractivity contribution is -0.146. The van der Waals surface area contributed by atoms with Crippen LogP contribution >= 0.6 is 0 Å². The van der Waals surface area contributed by atoms with Crippen LogP contribution in [0.25, 0.3) is 0 Å². The number of carbonyl (C=O) groups is 2. The van der Waals surface area contributed by atoms with Gasteiger partial charge < -0.3 is 19.9 Å². The van der Waals surface area contributed by atoms with Crippen molar-refractivity contribution in [2.75, 3.05) is 19.8 Å². The fourth-order valence-electron chi connectivity index (χ4n) is 1.92. The average molecular weight is 329 g/mol. The average Bonchev–Trinajstić information content (AvgIpc) is 2.58. The minimum absolute atomic E-state index is 0.105. The van der Waals surface area contributed by atoms with Crippen molar-refractivity contribution in [2.45, 2.75) is 6.92 Å². The van der Waals surface area contributed by atoms with Crippen LogP contribution in [-0.4, -0.2) is 31.7 Å². The summed E-state index contributed by atoms with van der Waals surface area (Å²) < 4.78 is 15.7. The first-order chi connectivity index (χ1) is 11.6. The van der Waals surface area contributed by atoms with Crippen LogP contribution in [0.3, 0.4) is 0 Å². The summed E-state index contributed by atoms with van der Waals surface area (Å²) in [6, 6.07) is 14.0. The number of hydrogen-bond acceptors (Lipinski definition) is 5. The van der Waals surface area contributed by atoms with Gasteiger partial charge >= 0.3 is 5.97 Å². The number of nitrogens with two attached hydrogens (primary N) is 1. The van der Waals surface area contributed by atoms with Crippen molar-refractivity contribution in [1.29, 1.82) is 0 Å². The van der Waals surface area contributed by atoms with Gasteiger partial charge in [-0.15, -0.1) is 0 Å². The zero-order chi connectivity index (χ0) is 17.4. The Morgan fingerprint density at radius 1 is 0.958 bits per heavy atom. The van der Waals surface area contributed by atoms with E-state index in [0.29, 0.717) is 5.75 Å². The molecule has 126 valence electrons. The Kier molecular flexibility index (Phi) is 6.19. The van der Waals surface area contributed by atoms with Crippen LogP contribution < -0.4 is 15.2 Å². The largest absolute Gasteiger partial charge is 0.490 e. The zero-order valence-corrected chi connectivity index (χ0v) is 13.4. The summed E-state index contributed by atoms with van der Waals surface area (Å²) >= 11 is 0. The van der Waals surface area contributed by atoms with Crippen LogP contribution in [0.15, 0.2) is 48.5 Å². The molecule has 1 amide bonds. The predicted octanol–water partition coefficient (Wildman–Crippen LogP) is 2.09. The van der Waals surface area contributed by atoms with E-state index >= 15 is 0 Å². The van der Waals surface area contributed by atoms with Gasteiger partial charge in [-0.05, 0) is 31.2 Å². The van der Waals surface area contributed by atoms with Crippen LogP contribution in [0.1, 0.15) is 15.9 Å². The topological polar surface area (TPSA) is 87.8 Å². The highest BCUT2D eigenvalue weighted by molar-refractivity contribution is 5.95. The maximum absolute atomic E-state index is 11.6. The maximum Gasteiger partial charge on any atom is 0.344 e. The van der Waals surface area contributed by atoms with E-state index < -0.39 is 11.9 Å². The quantitative estimate of drug-likeness (QED) is 0.592. The normalized spacial score (nSPS) is 10.0. The Balaban J connectivity index is 1.70. The van der Waals surface area contributed by atoms with Gasteiger partial charge in [0.1, 0.15) is 24.7 Å². The first-order valence-electron chi connectivity index (χ1n) is 7.43. The minimum Gasteiger partial charge on any atom is -0.490 e. The Bertz CT molecular complexity index is 697. The number of amides is 1. The number of carbonyl (C=O) groups excluding carboxylic acids is 2. The van der Waals surface area contributed by atoms with Crippen molar-refractivity contribution in [1.82, 2.24) is 0 Å². The van der Waals surface area contributed by atoms with Crippen LogP contribution in [-0.2, 0) is 9.53 Å². The molecular formula is C18H19NO5. The maximum atomic E-state index is 11.6. The number of primary amides is 1. The van der Waals surface area contributed by atoms with E-state index in [-0.39, 0.29) is 31.1 Å². The van der Waals surface area contributed by atoms with Crippen molar-refractivity contribution < 1.29 is 23.8 Å². The molecule has 2 aromatic carbocycles. The second kappa shape index (κ2) is 8.57. The van der Waals surface area contributed by atoms with E-state index in [4.69, 9.17) is 19.9 Å². The fraction of sp³-hybridized carbons (Fsp3) is 0.222. The molecule has 0 atom stereocenters. The molecule has 0 heterocycles. The molecule has 24 heavy (non-hydrogen) atoms. The summed E-state index contributed by atoms with van der Waals surface area (Å²) in [5.74, 6) is -0.214. The van der Waals surface area contributed by atoms with E-state index in [0.717, 1.165) is 5.56 Å². The molecule has 0 bridgehead atoms. The summed E-state index contributed by atoms with van der Waals surface area (Å²) in [4.78, 5) is 22.9. The minimum atomic E-state index is -0.620. The lowest BCUT2D eigenvalue weighted by Gasteiger charge is -2.10. The molecule has 0 unspecified atom stereocenters. The summed E-state index contributed by atoms with van der Waals surface area (Å²) in [5.41, 5.74) is 6.59. The molecule has 0 aliphatic rings. The summed E-state index contributed by atoms with van der Waals surface area (Å²) in [5, 5.41) is 0. The number of esters is 1. The molecule has 6 heteroatoms. The highest BCUT2D eigenvalue weighted by atomic mass is 16.6. The van der Waals surface area contributed by atoms with Gasteiger partial charge in [-0.25, -0.2) is 4.79 Å². The first kappa shape index (κ1) is 17.3.